The Kier molecular flexibility index (Phi) is 2.78. The predicted molar refractivity (Wildman–Crippen MR) is 54.3 cm³/mol. The van der Waals surface area contributed by atoms with Crippen LogP contribution in [0.4, 0.5) is 0 Å². The summed E-state index contributed by atoms with van der Waals surface area (Å²) in [4.78, 5) is 23.2. The number of hydrogen-bond acceptors (Lipinski definition) is 3. The molecule has 2 fully saturated rings. The van der Waals surface area contributed by atoms with Gasteiger partial charge in [0.2, 0.25) is 5.91 Å². The van der Waals surface area contributed by atoms with Gasteiger partial charge in [-0.1, -0.05) is 0 Å². The molecular weight excluding hydrogens is 194 g/mol. The highest BCUT2D eigenvalue weighted by Gasteiger charge is 2.45. The molecule has 1 N–H and O–H groups in total. The number of ether oxygens (including phenoxy) is 1. The molecule has 1 aliphatic carbocycles. The van der Waals surface area contributed by atoms with E-state index in [1.807, 2.05) is 0 Å². The molecule has 0 aromatic heterocycles. The fraction of sp³-hybridized carbons (Fsp3) is 0.818. The fourth-order valence-electron chi connectivity index (χ4n) is 2.67. The highest BCUT2D eigenvalue weighted by Crippen LogP contribution is 2.41. The number of nitrogens with one attached hydrogen (secondary N) is 1. The zero-order valence-electron chi connectivity index (χ0n) is 9.04. The predicted octanol–water partition coefficient (Wildman–Crippen LogP) is 0.651. The van der Waals surface area contributed by atoms with Crippen molar-refractivity contribution in [2.24, 2.45) is 5.41 Å². The van der Waals surface area contributed by atoms with Gasteiger partial charge >= 0.3 is 0 Å². The van der Waals surface area contributed by atoms with Crippen LogP contribution >= 0.6 is 0 Å². The molecule has 1 spiro atoms. The fourth-order valence-corrected chi connectivity index (χ4v) is 2.67. The van der Waals surface area contributed by atoms with E-state index in [0.29, 0.717) is 6.42 Å². The first-order valence-electron chi connectivity index (χ1n) is 5.49. The lowest BCUT2D eigenvalue weighted by atomic mass is 9.68. The average molecular weight is 211 g/mol. The summed E-state index contributed by atoms with van der Waals surface area (Å²) in [6.07, 6.45) is 4.02. The molecule has 0 atom stereocenters. The Bertz CT molecular complexity index is 280. The number of carbonyl (C=O) groups excluding carboxylic acids is 2. The van der Waals surface area contributed by atoms with E-state index < -0.39 is 5.41 Å². The average Bonchev–Trinajstić information content (AvgIpc) is 2.25. The van der Waals surface area contributed by atoms with Gasteiger partial charge in [-0.25, -0.2) is 0 Å². The molecule has 1 amide bonds. The van der Waals surface area contributed by atoms with E-state index in [-0.39, 0.29) is 24.3 Å². The first-order chi connectivity index (χ1) is 7.16. The van der Waals surface area contributed by atoms with Gasteiger partial charge in [-0.05, 0) is 25.7 Å². The van der Waals surface area contributed by atoms with Gasteiger partial charge in [0, 0.05) is 13.5 Å². The van der Waals surface area contributed by atoms with Crippen molar-refractivity contribution in [3.63, 3.8) is 0 Å². The summed E-state index contributed by atoms with van der Waals surface area (Å²) in [5.74, 6) is 0.224. The summed E-state index contributed by atoms with van der Waals surface area (Å²) in [5, 5.41) is 2.70. The maximum Gasteiger partial charge on any atom is 0.227 e. The van der Waals surface area contributed by atoms with Crippen molar-refractivity contribution in [1.29, 1.82) is 0 Å². The number of piperidine rings is 1. The SMILES string of the molecule is COC1CCC2(CC1)CC(=O)CNC2=O. The van der Waals surface area contributed by atoms with Crippen LogP contribution in [-0.2, 0) is 14.3 Å². The van der Waals surface area contributed by atoms with Crippen molar-refractivity contribution in [1.82, 2.24) is 5.32 Å². The normalized spacial score (nSPS) is 36.7. The maximum atomic E-state index is 11.8. The summed E-state index contributed by atoms with van der Waals surface area (Å²) >= 11 is 0. The molecule has 1 heterocycles. The monoisotopic (exact) mass is 211 g/mol. The number of carbonyl (C=O) groups is 2. The van der Waals surface area contributed by atoms with Crippen LogP contribution in [0.3, 0.4) is 0 Å². The van der Waals surface area contributed by atoms with Gasteiger partial charge in [-0.2, -0.15) is 0 Å². The van der Waals surface area contributed by atoms with Crippen LogP contribution in [0.15, 0.2) is 0 Å². The van der Waals surface area contributed by atoms with Crippen LogP contribution < -0.4 is 5.32 Å². The minimum absolute atomic E-state index is 0.0663. The Balaban J connectivity index is 2.06. The number of amides is 1. The maximum absolute atomic E-state index is 11.8. The number of hydrogen-bond donors (Lipinski definition) is 1. The molecule has 0 bridgehead atoms. The molecule has 1 saturated carbocycles. The molecule has 1 saturated heterocycles. The van der Waals surface area contributed by atoms with Crippen molar-refractivity contribution in [3.05, 3.63) is 0 Å². The summed E-state index contributed by atoms with van der Waals surface area (Å²) < 4.78 is 5.27. The van der Waals surface area contributed by atoms with Crippen molar-refractivity contribution >= 4 is 11.7 Å². The van der Waals surface area contributed by atoms with Crippen LogP contribution in [0.1, 0.15) is 32.1 Å². The second kappa shape index (κ2) is 3.93. The van der Waals surface area contributed by atoms with E-state index >= 15 is 0 Å². The Hall–Kier alpha value is -0.900. The zero-order valence-corrected chi connectivity index (χ0v) is 9.04. The van der Waals surface area contributed by atoms with Gasteiger partial charge in [0.1, 0.15) is 0 Å². The van der Waals surface area contributed by atoms with E-state index in [2.05, 4.69) is 5.32 Å². The summed E-state index contributed by atoms with van der Waals surface area (Å²) in [6, 6.07) is 0. The van der Waals surface area contributed by atoms with Crippen molar-refractivity contribution in [3.8, 4) is 0 Å². The Morgan fingerprint density at radius 2 is 2.00 bits per heavy atom. The van der Waals surface area contributed by atoms with Crippen LogP contribution in [0.5, 0.6) is 0 Å². The molecule has 2 aliphatic rings. The van der Waals surface area contributed by atoms with E-state index in [0.717, 1.165) is 25.7 Å². The molecule has 0 radical (unpaired) electrons. The quantitative estimate of drug-likeness (QED) is 0.693. The molecule has 4 nitrogen and oxygen atoms in total. The zero-order chi connectivity index (χ0) is 10.9. The van der Waals surface area contributed by atoms with Gasteiger partial charge in [-0.3, -0.25) is 9.59 Å². The van der Waals surface area contributed by atoms with Crippen molar-refractivity contribution < 1.29 is 14.3 Å². The number of Topliss-reactive ketones (excluding diaryl/α,β-unsaturated/α-hetero) is 1. The molecule has 0 unspecified atom stereocenters. The van der Waals surface area contributed by atoms with Gasteiger partial charge in [0.05, 0.1) is 18.1 Å². The molecule has 0 aromatic carbocycles. The smallest absolute Gasteiger partial charge is 0.227 e. The van der Waals surface area contributed by atoms with Gasteiger partial charge < -0.3 is 10.1 Å². The summed E-state index contributed by atoms with van der Waals surface area (Å²) in [6.45, 7) is 0.217. The number of ketones is 1. The van der Waals surface area contributed by atoms with Crippen LogP contribution in [0.25, 0.3) is 0 Å². The lowest BCUT2D eigenvalue weighted by Crippen LogP contribution is -2.51. The van der Waals surface area contributed by atoms with Crippen LogP contribution in [0, 0.1) is 5.41 Å². The second-order valence-corrected chi connectivity index (χ2v) is 4.61. The van der Waals surface area contributed by atoms with Crippen molar-refractivity contribution in [2.75, 3.05) is 13.7 Å². The largest absolute Gasteiger partial charge is 0.381 e. The minimum atomic E-state index is -0.412. The third-order valence-corrected chi connectivity index (χ3v) is 3.69. The Morgan fingerprint density at radius 1 is 1.33 bits per heavy atom. The highest BCUT2D eigenvalue weighted by atomic mass is 16.5. The lowest BCUT2D eigenvalue weighted by Gasteiger charge is -2.40. The lowest BCUT2D eigenvalue weighted by molar-refractivity contribution is -0.144. The Labute approximate surface area is 89.4 Å². The van der Waals surface area contributed by atoms with Crippen LogP contribution in [0.2, 0.25) is 0 Å². The van der Waals surface area contributed by atoms with Crippen LogP contribution in [-0.4, -0.2) is 31.4 Å². The van der Waals surface area contributed by atoms with Gasteiger partial charge in [0.15, 0.2) is 5.78 Å². The number of rotatable bonds is 1. The minimum Gasteiger partial charge on any atom is -0.381 e. The molecule has 84 valence electrons. The van der Waals surface area contributed by atoms with Crippen molar-refractivity contribution in [2.45, 2.75) is 38.2 Å². The first-order valence-corrected chi connectivity index (χ1v) is 5.49. The molecule has 4 heteroatoms. The molecule has 0 aromatic rings. The summed E-state index contributed by atoms with van der Waals surface area (Å²) in [5.41, 5.74) is -0.412. The number of methoxy groups -OCH3 is 1. The summed E-state index contributed by atoms with van der Waals surface area (Å²) in [7, 11) is 1.70. The van der Waals surface area contributed by atoms with E-state index in [1.165, 1.54) is 0 Å². The third-order valence-electron chi connectivity index (χ3n) is 3.69. The van der Waals surface area contributed by atoms with E-state index in [4.69, 9.17) is 4.74 Å². The molecular formula is C11H17NO3. The topological polar surface area (TPSA) is 55.4 Å². The Morgan fingerprint density at radius 3 is 2.60 bits per heavy atom. The second-order valence-electron chi connectivity index (χ2n) is 4.61. The highest BCUT2D eigenvalue weighted by molar-refractivity contribution is 5.96. The first kappa shape index (κ1) is 10.6. The molecule has 15 heavy (non-hydrogen) atoms. The molecule has 2 rings (SSSR count). The van der Waals surface area contributed by atoms with E-state index in [9.17, 15) is 9.59 Å². The van der Waals surface area contributed by atoms with Gasteiger partial charge in [-0.15, -0.1) is 0 Å². The molecule has 1 aliphatic heterocycles. The third kappa shape index (κ3) is 1.91. The van der Waals surface area contributed by atoms with E-state index in [1.54, 1.807) is 7.11 Å². The standard InChI is InChI=1S/C11H17NO3/c1-15-9-2-4-11(5-3-9)6-8(13)7-12-10(11)14/h9H,2-7H2,1H3,(H,12,14). The van der Waals surface area contributed by atoms with Gasteiger partial charge in [0.25, 0.3) is 0 Å².